The van der Waals surface area contributed by atoms with Crippen LogP contribution in [0.15, 0.2) is 90.0 Å². The fourth-order valence-corrected chi connectivity index (χ4v) is 6.23. The number of carbonyl (C=O) groups is 2. The number of nitrogens with zero attached hydrogens (tertiary/aromatic N) is 1. The van der Waals surface area contributed by atoms with Gasteiger partial charge in [-0.1, -0.05) is 48.5 Å². The van der Waals surface area contributed by atoms with Crippen molar-refractivity contribution < 1.29 is 28.2 Å². The van der Waals surface area contributed by atoms with E-state index in [2.05, 4.69) is 27.7 Å². The van der Waals surface area contributed by atoms with Crippen molar-refractivity contribution in [2.45, 2.75) is 45.1 Å². The number of hydrogen-bond donors (Lipinski definition) is 2. The van der Waals surface area contributed by atoms with Crippen molar-refractivity contribution in [1.82, 2.24) is 4.90 Å². The highest BCUT2D eigenvalue weighted by molar-refractivity contribution is 6.12. The molecule has 0 radical (unpaired) electrons. The minimum absolute atomic E-state index is 0.122. The molecule has 9 heteroatoms. The number of esters is 1. The molecule has 3 aromatic carbocycles. The van der Waals surface area contributed by atoms with E-state index in [1.807, 2.05) is 49.4 Å². The fraction of sp³-hybridized carbons (Fsp3) is 0.333. The molecule has 45 heavy (non-hydrogen) atoms. The Balaban J connectivity index is 1.40. The van der Waals surface area contributed by atoms with E-state index in [4.69, 9.17) is 14.2 Å². The van der Waals surface area contributed by atoms with Crippen molar-refractivity contribution in [1.29, 1.82) is 0 Å². The molecule has 3 aliphatic rings. The molecule has 3 heterocycles. The number of amides is 1. The smallest absolute Gasteiger partial charge is 0.337 e. The topological polar surface area (TPSA) is 89.1 Å². The molecule has 0 saturated carbocycles. The Bertz CT molecular complexity index is 1650. The molecule has 6 rings (SSSR count). The molecular formula is C36H38FN3O5. The fourth-order valence-electron chi connectivity index (χ4n) is 6.23. The van der Waals surface area contributed by atoms with Gasteiger partial charge in [0.2, 0.25) is 0 Å². The maximum atomic E-state index is 14.3. The van der Waals surface area contributed by atoms with Gasteiger partial charge in [0.15, 0.2) is 0 Å². The second-order valence-corrected chi connectivity index (χ2v) is 11.7. The van der Waals surface area contributed by atoms with Crippen molar-refractivity contribution in [2.24, 2.45) is 0 Å². The molecule has 1 saturated heterocycles. The zero-order chi connectivity index (χ0) is 31.6. The summed E-state index contributed by atoms with van der Waals surface area (Å²) in [6, 6.07) is 20.1. The van der Waals surface area contributed by atoms with Crippen molar-refractivity contribution in [2.75, 3.05) is 43.5 Å². The molecule has 0 spiro atoms. The van der Waals surface area contributed by atoms with Crippen LogP contribution in [0.2, 0.25) is 0 Å². The second-order valence-electron chi connectivity index (χ2n) is 11.7. The summed E-state index contributed by atoms with van der Waals surface area (Å²) in [4.78, 5) is 29.9. The first-order valence-electron chi connectivity index (χ1n) is 15.4. The number of hydrogen-bond acceptors (Lipinski definition) is 7. The summed E-state index contributed by atoms with van der Waals surface area (Å²) in [5.74, 6) is -1.62. The summed E-state index contributed by atoms with van der Waals surface area (Å²) < 4.78 is 32.0. The average Bonchev–Trinajstić information content (AvgIpc) is 3.61. The van der Waals surface area contributed by atoms with Crippen LogP contribution in [0, 0.1) is 19.7 Å². The van der Waals surface area contributed by atoms with Crippen LogP contribution in [0.5, 0.6) is 0 Å². The largest absolute Gasteiger partial charge is 0.463 e. The lowest BCUT2D eigenvalue weighted by molar-refractivity contribution is -0.140. The van der Waals surface area contributed by atoms with E-state index in [-0.39, 0.29) is 23.4 Å². The molecule has 2 N–H and O–H groups in total. The number of anilines is 2. The van der Waals surface area contributed by atoms with Gasteiger partial charge in [-0.05, 0) is 73.4 Å². The summed E-state index contributed by atoms with van der Waals surface area (Å²) in [7, 11) is 0. The molecular weight excluding hydrogens is 573 g/mol. The maximum absolute atomic E-state index is 14.3. The van der Waals surface area contributed by atoms with Crippen LogP contribution in [0.25, 0.3) is 0 Å². The Kier molecular flexibility index (Phi) is 8.85. The molecule has 3 aromatic rings. The molecule has 3 unspecified atom stereocenters. The van der Waals surface area contributed by atoms with Gasteiger partial charge in [-0.2, -0.15) is 0 Å². The van der Waals surface area contributed by atoms with Gasteiger partial charge >= 0.3 is 5.97 Å². The van der Waals surface area contributed by atoms with Crippen molar-refractivity contribution in [3.8, 4) is 0 Å². The molecule has 3 atom stereocenters. The number of carbonyl (C=O) groups excluding carboxylic acids is 2. The Morgan fingerprint density at radius 3 is 2.53 bits per heavy atom. The molecule has 1 fully saturated rings. The molecule has 8 nitrogen and oxygen atoms in total. The lowest BCUT2D eigenvalue weighted by Gasteiger charge is -2.36. The third kappa shape index (κ3) is 6.29. The van der Waals surface area contributed by atoms with Crippen molar-refractivity contribution >= 4 is 23.3 Å². The van der Waals surface area contributed by atoms with E-state index < -0.39 is 35.4 Å². The number of morpholine rings is 1. The number of fused-ring (bicyclic) bond motifs is 2. The van der Waals surface area contributed by atoms with Gasteiger partial charge in [0.1, 0.15) is 17.5 Å². The monoisotopic (exact) mass is 611 g/mol. The molecule has 2 bridgehead atoms. The Morgan fingerprint density at radius 1 is 1.04 bits per heavy atom. The third-order valence-electron chi connectivity index (χ3n) is 8.52. The second kappa shape index (κ2) is 13.0. The molecule has 0 aromatic heterocycles. The number of halogens is 1. The van der Waals surface area contributed by atoms with Gasteiger partial charge in [0.05, 0.1) is 37.0 Å². The standard InChI is InChI=1S/C36H38FN3O5/c1-4-44-35(42)32-31(34(41)39-28-13-8-24(3)29(37)21-28)30-14-15-36(32,45-30)33(38-27-7-5-6-23(2)20-27)26-11-9-25(10-12-26)22-40-16-18-43-19-17-40/h5-15,20-21,30,33,38H,4,16-19,22H2,1-3H3,(H,39,41). The van der Waals surface area contributed by atoms with Gasteiger partial charge in [-0.3, -0.25) is 9.69 Å². The average molecular weight is 612 g/mol. The van der Waals surface area contributed by atoms with Crippen molar-refractivity contribution in [3.05, 3.63) is 118 Å². The highest BCUT2D eigenvalue weighted by atomic mass is 19.1. The van der Waals surface area contributed by atoms with Gasteiger partial charge in [0, 0.05) is 31.0 Å². The number of nitrogens with one attached hydrogen (secondary N) is 2. The summed E-state index contributed by atoms with van der Waals surface area (Å²) in [5.41, 5.74) is 3.61. The summed E-state index contributed by atoms with van der Waals surface area (Å²) in [6.45, 7) is 9.54. The van der Waals surface area contributed by atoms with Crippen LogP contribution < -0.4 is 10.6 Å². The zero-order valence-corrected chi connectivity index (χ0v) is 25.8. The number of benzene rings is 3. The van der Waals surface area contributed by atoms with E-state index in [9.17, 15) is 14.0 Å². The van der Waals surface area contributed by atoms with Crippen LogP contribution in [0.1, 0.15) is 35.2 Å². The Morgan fingerprint density at radius 2 is 1.82 bits per heavy atom. The maximum Gasteiger partial charge on any atom is 0.337 e. The molecule has 1 amide bonds. The first-order valence-corrected chi connectivity index (χ1v) is 15.4. The lowest BCUT2D eigenvalue weighted by atomic mass is 9.78. The number of aryl methyl sites for hydroxylation is 2. The number of ether oxygens (including phenoxy) is 3. The van der Waals surface area contributed by atoms with E-state index in [1.54, 1.807) is 32.1 Å². The minimum atomic E-state index is -1.35. The Labute approximate surface area is 262 Å². The highest BCUT2D eigenvalue weighted by Crippen LogP contribution is 2.51. The quantitative estimate of drug-likeness (QED) is 0.227. The van der Waals surface area contributed by atoms with Gasteiger partial charge in [-0.25, -0.2) is 9.18 Å². The van der Waals surface area contributed by atoms with Crippen LogP contribution in [0.4, 0.5) is 15.8 Å². The van der Waals surface area contributed by atoms with Crippen LogP contribution >= 0.6 is 0 Å². The van der Waals surface area contributed by atoms with Crippen LogP contribution in [-0.4, -0.2) is 61.4 Å². The minimum Gasteiger partial charge on any atom is -0.463 e. The predicted octanol–water partition coefficient (Wildman–Crippen LogP) is 5.63. The third-order valence-corrected chi connectivity index (χ3v) is 8.52. The van der Waals surface area contributed by atoms with Gasteiger partial charge in [-0.15, -0.1) is 0 Å². The summed E-state index contributed by atoms with van der Waals surface area (Å²) in [5, 5.41) is 6.39. The zero-order valence-electron chi connectivity index (χ0n) is 25.8. The molecule has 234 valence electrons. The first-order chi connectivity index (χ1) is 21.8. The molecule has 3 aliphatic heterocycles. The normalized spacial score (nSPS) is 21.6. The predicted molar refractivity (Wildman–Crippen MR) is 170 cm³/mol. The van der Waals surface area contributed by atoms with E-state index in [1.165, 1.54) is 6.07 Å². The van der Waals surface area contributed by atoms with E-state index in [0.29, 0.717) is 5.56 Å². The Hall–Kier alpha value is -4.31. The van der Waals surface area contributed by atoms with Crippen LogP contribution in [0.3, 0.4) is 0 Å². The van der Waals surface area contributed by atoms with Gasteiger partial charge in [0.25, 0.3) is 5.91 Å². The van der Waals surface area contributed by atoms with E-state index >= 15 is 0 Å². The van der Waals surface area contributed by atoms with Gasteiger partial charge < -0.3 is 24.8 Å². The van der Waals surface area contributed by atoms with E-state index in [0.717, 1.165) is 55.2 Å². The van der Waals surface area contributed by atoms with Crippen LogP contribution in [-0.2, 0) is 30.3 Å². The molecule has 0 aliphatic carbocycles. The SMILES string of the molecule is CCOC(=O)C1=C(C(=O)Nc2ccc(C)c(F)c2)C2C=CC1(C(Nc1cccc(C)c1)c1ccc(CN3CCOCC3)cc1)O2. The summed E-state index contributed by atoms with van der Waals surface area (Å²) >= 11 is 0. The van der Waals surface area contributed by atoms with Crippen molar-refractivity contribution in [3.63, 3.8) is 0 Å². The highest BCUT2D eigenvalue weighted by Gasteiger charge is 2.58. The first kappa shape index (κ1) is 30.7. The summed E-state index contributed by atoms with van der Waals surface area (Å²) in [6.07, 6.45) is 2.86. The number of rotatable bonds is 10. The lowest BCUT2D eigenvalue weighted by Crippen LogP contribution is -2.42.